The van der Waals surface area contributed by atoms with E-state index in [1.165, 1.54) is 12.1 Å². The van der Waals surface area contributed by atoms with Crippen molar-refractivity contribution in [3.63, 3.8) is 0 Å². The van der Waals surface area contributed by atoms with Crippen LogP contribution in [0.2, 0.25) is 0 Å². The predicted molar refractivity (Wildman–Crippen MR) is 62.5 cm³/mol. The van der Waals surface area contributed by atoms with Crippen LogP contribution in [0, 0.1) is 9.39 Å². The van der Waals surface area contributed by atoms with Gasteiger partial charge in [0.1, 0.15) is 5.82 Å². The van der Waals surface area contributed by atoms with E-state index in [1.807, 2.05) is 6.92 Å². The van der Waals surface area contributed by atoms with E-state index in [1.54, 1.807) is 6.07 Å². The molecule has 0 saturated heterocycles. The van der Waals surface area contributed by atoms with Crippen molar-refractivity contribution in [2.45, 2.75) is 19.5 Å². The number of rotatable bonds is 4. The minimum Gasteiger partial charge on any atom is -0.395 e. The standard InChI is InChI=1S/C10H13FINO/c1-7(6-14)13-5-8-2-3-9(11)4-10(8)12/h2-4,7,13-14H,5-6H2,1H3. The zero-order valence-electron chi connectivity index (χ0n) is 7.93. The van der Waals surface area contributed by atoms with Crippen molar-refractivity contribution in [1.82, 2.24) is 5.32 Å². The van der Waals surface area contributed by atoms with Gasteiger partial charge in [-0.25, -0.2) is 4.39 Å². The van der Waals surface area contributed by atoms with Gasteiger partial charge >= 0.3 is 0 Å². The number of aliphatic hydroxyl groups excluding tert-OH is 1. The Morgan fingerprint density at radius 3 is 2.86 bits per heavy atom. The van der Waals surface area contributed by atoms with Crippen LogP contribution in [-0.2, 0) is 6.54 Å². The first-order valence-electron chi connectivity index (χ1n) is 4.41. The summed E-state index contributed by atoms with van der Waals surface area (Å²) in [5, 5.41) is 11.9. The summed E-state index contributed by atoms with van der Waals surface area (Å²) in [7, 11) is 0. The summed E-state index contributed by atoms with van der Waals surface area (Å²) < 4.78 is 13.7. The number of benzene rings is 1. The van der Waals surface area contributed by atoms with Gasteiger partial charge in [0.15, 0.2) is 0 Å². The molecule has 1 aromatic carbocycles. The number of nitrogens with one attached hydrogen (secondary N) is 1. The van der Waals surface area contributed by atoms with Gasteiger partial charge in [0.25, 0.3) is 0 Å². The fraction of sp³-hybridized carbons (Fsp3) is 0.400. The van der Waals surface area contributed by atoms with Crippen molar-refractivity contribution in [2.75, 3.05) is 6.61 Å². The molecular formula is C10H13FINO. The van der Waals surface area contributed by atoms with Gasteiger partial charge in [-0.05, 0) is 47.2 Å². The highest BCUT2D eigenvalue weighted by atomic mass is 127. The molecule has 14 heavy (non-hydrogen) atoms. The Kier molecular flexibility index (Phi) is 4.77. The van der Waals surface area contributed by atoms with Gasteiger partial charge in [0.05, 0.1) is 6.61 Å². The van der Waals surface area contributed by atoms with Gasteiger partial charge < -0.3 is 10.4 Å². The van der Waals surface area contributed by atoms with E-state index in [4.69, 9.17) is 5.11 Å². The minimum absolute atomic E-state index is 0.0656. The molecule has 0 heterocycles. The number of aliphatic hydroxyl groups is 1. The van der Waals surface area contributed by atoms with E-state index < -0.39 is 0 Å². The Morgan fingerprint density at radius 1 is 1.57 bits per heavy atom. The van der Waals surface area contributed by atoms with E-state index in [0.717, 1.165) is 9.13 Å². The average Bonchev–Trinajstić information content (AvgIpc) is 2.16. The highest BCUT2D eigenvalue weighted by Crippen LogP contribution is 2.13. The Hall–Kier alpha value is -0.200. The van der Waals surface area contributed by atoms with Gasteiger partial charge in [0, 0.05) is 16.2 Å². The fourth-order valence-corrected chi connectivity index (χ4v) is 1.68. The molecule has 0 aliphatic rings. The Balaban J connectivity index is 2.59. The topological polar surface area (TPSA) is 32.3 Å². The lowest BCUT2D eigenvalue weighted by Crippen LogP contribution is -2.28. The molecule has 0 saturated carbocycles. The van der Waals surface area contributed by atoms with Crippen LogP contribution in [0.3, 0.4) is 0 Å². The average molecular weight is 309 g/mol. The molecule has 0 aliphatic carbocycles. The molecule has 1 rings (SSSR count). The van der Waals surface area contributed by atoms with E-state index >= 15 is 0 Å². The summed E-state index contributed by atoms with van der Waals surface area (Å²) >= 11 is 2.10. The summed E-state index contributed by atoms with van der Waals surface area (Å²) in [5.74, 6) is -0.214. The largest absolute Gasteiger partial charge is 0.395 e. The summed E-state index contributed by atoms with van der Waals surface area (Å²) in [6, 6.07) is 4.77. The summed E-state index contributed by atoms with van der Waals surface area (Å²) in [5.41, 5.74) is 1.05. The minimum atomic E-state index is -0.214. The molecule has 0 amide bonds. The van der Waals surface area contributed by atoms with Gasteiger partial charge in [-0.2, -0.15) is 0 Å². The molecule has 0 aromatic heterocycles. The van der Waals surface area contributed by atoms with Crippen LogP contribution in [0.15, 0.2) is 18.2 Å². The molecule has 0 aliphatic heterocycles. The second-order valence-corrected chi connectivity index (χ2v) is 4.36. The Labute approximate surface area is 96.7 Å². The molecule has 1 unspecified atom stereocenters. The van der Waals surface area contributed by atoms with Crippen LogP contribution in [0.25, 0.3) is 0 Å². The van der Waals surface area contributed by atoms with Gasteiger partial charge in [-0.3, -0.25) is 0 Å². The van der Waals surface area contributed by atoms with E-state index in [-0.39, 0.29) is 18.5 Å². The van der Waals surface area contributed by atoms with Crippen LogP contribution >= 0.6 is 22.6 Å². The predicted octanol–water partition coefficient (Wildman–Crippen LogP) is 1.90. The van der Waals surface area contributed by atoms with E-state index in [0.29, 0.717) is 6.54 Å². The molecule has 4 heteroatoms. The maximum atomic E-state index is 12.7. The maximum Gasteiger partial charge on any atom is 0.124 e. The first-order chi connectivity index (χ1) is 6.63. The third-order valence-electron chi connectivity index (χ3n) is 1.93. The first kappa shape index (κ1) is 11.9. The summed E-state index contributed by atoms with van der Waals surface area (Å²) in [6.45, 7) is 2.66. The molecule has 0 fully saturated rings. The first-order valence-corrected chi connectivity index (χ1v) is 5.49. The van der Waals surface area contributed by atoms with Crippen LogP contribution in [-0.4, -0.2) is 17.8 Å². The maximum absolute atomic E-state index is 12.7. The van der Waals surface area contributed by atoms with Crippen molar-refractivity contribution in [3.8, 4) is 0 Å². The van der Waals surface area contributed by atoms with Crippen LogP contribution < -0.4 is 5.32 Å². The Morgan fingerprint density at radius 2 is 2.29 bits per heavy atom. The normalized spacial score (nSPS) is 12.9. The highest BCUT2D eigenvalue weighted by Gasteiger charge is 2.03. The Bertz CT molecular complexity index is 306. The molecule has 0 spiro atoms. The lowest BCUT2D eigenvalue weighted by Gasteiger charge is -2.11. The molecule has 0 radical (unpaired) electrons. The third kappa shape index (κ3) is 3.51. The summed E-state index contributed by atoms with van der Waals surface area (Å²) in [6.07, 6.45) is 0. The molecule has 2 N–H and O–H groups in total. The van der Waals surface area contributed by atoms with Crippen LogP contribution in [0.4, 0.5) is 4.39 Å². The van der Waals surface area contributed by atoms with E-state index in [2.05, 4.69) is 27.9 Å². The molecule has 78 valence electrons. The second-order valence-electron chi connectivity index (χ2n) is 3.20. The van der Waals surface area contributed by atoms with Crippen molar-refractivity contribution in [2.24, 2.45) is 0 Å². The number of hydrogen-bond acceptors (Lipinski definition) is 2. The lowest BCUT2D eigenvalue weighted by molar-refractivity contribution is 0.251. The van der Waals surface area contributed by atoms with Crippen LogP contribution in [0.5, 0.6) is 0 Å². The van der Waals surface area contributed by atoms with Crippen molar-refractivity contribution in [1.29, 1.82) is 0 Å². The molecule has 0 bridgehead atoms. The van der Waals surface area contributed by atoms with Gasteiger partial charge in [0.2, 0.25) is 0 Å². The molecular weight excluding hydrogens is 296 g/mol. The molecule has 1 aromatic rings. The van der Waals surface area contributed by atoms with Crippen molar-refractivity contribution in [3.05, 3.63) is 33.1 Å². The van der Waals surface area contributed by atoms with Crippen LogP contribution in [0.1, 0.15) is 12.5 Å². The van der Waals surface area contributed by atoms with Crippen molar-refractivity contribution < 1.29 is 9.50 Å². The third-order valence-corrected chi connectivity index (χ3v) is 2.93. The monoisotopic (exact) mass is 309 g/mol. The fourth-order valence-electron chi connectivity index (χ4n) is 1.01. The van der Waals surface area contributed by atoms with Gasteiger partial charge in [-0.15, -0.1) is 0 Å². The van der Waals surface area contributed by atoms with E-state index in [9.17, 15) is 4.39 Å². The summed E-state index contributed by atoms with van der Waals surface area (Å²) in [4.78, 5) is 0. The molecule has 1 atom stereocenters. The highest BCUT2D eigenvalue weighted by molar-refractivity contribution is 14.1. The second kappa shape index (κ2) is 5.63. The molecule has 2 nitrogen and oxygen atoms in total. The zero-order chi connectivity index (χ0) is 10.6. The van der Waals surface area contributed by atoms with Crippen molar-refractivity contribution >= 4 is 22.6 Å². The smallest absolute Gasteiger partial charge is 0.124 e. The SMILES string of the molecule is CC(CO)NCc1ccc(F)cc1I. The van der Waals surface area contributed by atoms with Gasteiger partial charge in [-0.1, -0.05) is 6.07 Å². The quantitative estimate of drug-likeness (QED) is 0.833. The number of hydrogen-bond donors (Lipinski definition) is 2. The lowest BCUT2D eigenvalue weighted by atomic mass is 10.2. The zero-order valence-corrected chi connectivity index (χ0v) is 10.1. The number of halogens is 2.